The molecule has 0 spiro atoms. The lowest BCUT2D eigenvalue weighted by Gasteiger charge is -2.27. The van der Waals surface area contributed by atoms with Gasteiger partial charge in [-0.15, -0.1) is 11.3 Å². The summed E-state index contributed by atoms with van der Waals surface area (Å²) in [4.78, 5) is 12.6. The van der Waals surface area contributed by atoms with Crippen LogP contribution in [0.15, 0.2) is 38.3 Å². The third-order valence-corrected chi connectivity index (χ3v) is 9.29. The molecule has 0 bridgehead atoms. The van der Waals surface area contributed by atoms with E-state index in [-0.39, 0.29) is 17.7 Å². The Morgan fingerprint density at radius 2 is 1.81 bits per heavy atom. The van der Waals surface area contributed by atoms with Crippen molar-refractivity contribution in [3.05, 3.63) is 39.7 Å². The Kier molecular flexibility index (Phi) is 8.98. The van der Waals surface area contributed by atoms with E-state index in [0.717, 1.165) is 35.0 Å². The van der Waals surface area contributed by atoms with Gasteiger partial charge in [-0.25, -0.2) is 13.1 Å². The van der Waals surface area contributed by atoms with Crippen molar-refractivity contribution in [1.82, 2.24) is 10.0 Å². The van der Waals surface area contributed by atoms with Gasteiger partial charge < -0.3 is 14.8 Å². The summed E-state index contributed by atoms with van der Waals surface area (Å²) in [6.07, 6.45) is 3.94. The molecule has 0 radical (unpaired) electrons. The van der Waals surface area contributed by atoms with E-state index in [1.165, 1.54) is 11.3 Å². The minimum Gasteiger partial charge on any atom is -0.493 e. The number of methoxy groups -OCH3 is 2. The normalized spacial score (nSPS) is 18.8. The van der Waals surface area contributed by atoms with Crippen molar-refractivity contribution in [2.45, 2.75) is 36.3 Å². The number of carbonyl (C=O) groups is 1. The molecular weight excluding hydrogens is 516 g/mol. The zero-order chi connectivity index (χ0) is 23.1. The van der Waals surface area contributed by atoms with Gasteiger partial charge >= 0.3 is 0 Å². The molecule has 1 aliphatic rings. The van der Waals surface area contributed by atoms with Crippen molar-refractivity contribution in [1.29, 1.82) is 0 Å². The highest BCUT2D eigenvalue weighted by Gasteiger charge is 2.27. The number of hydrogen-bond acceptors (Lipinski definition) is 6. The number of sulfonamides is 1. The number of amides is 1. The zero-order valence-corrected chi connectivity index (χ0v) is 21.4. The molecule has 1 aromatic heterocycles. The number of benzene rings is 1. The minimum absolute atomic E-state index is 0.0125. The second-order valence-electron chi connectivity index (χ2n) is 7.86. The number of carbonyl (C=O) groups excluding carboxylic acids is 1. The van der Waals surface area contributed by atoms with Gasteiger partial charge in [0.25, 0.3) is 0 Å². The van der Waals surface area contributed by atoms with Crippen molar-refractivity contribution in [3.63, 3.8) is 0 Å². The molecule has 1 fully saturated rings. The lowest BCUT2D eigenvalue weighted by Crippen LogP contribution is -2.36. The SMILES string of the molecule is COc1ccc(CCNC(=O)C2CCC(CNS(=O)(=O)c3ccc(Br)s3)CC2)cc1OC. The summed E-state index contributed by atoms with van der Waals surface area (Å²) in [5.74, 6) is 1.68. The Bertz CT molecular complexity index is 1020. The molecule has 2 N–H and O–H groups in total. The first kappa shape index (κ1) is 25.0. The van der Waals surface area contributed by atoms with Crippen LogP contribution >= 0.6 is 27.3 Å². The summed E-state index contributed by atoms with van der Waals surface area (Å²) in [6.45, 7) is 0.968. The Balaban J connectivity index is 1.39. The number of hydrogen-bond donors (Lipinski definition) is 2. The fourth-order valence-electron chi connectivity index (χ4n) is 3.88. The second kappa shape index (κ2) is 11.5. The van der Waals surface area contributed by atoms with Gasteiger partial charge in [-0.05, 0) is 83.8 Å². The molecule has 2 aromatic rings. The van der Waals surface area contributed by atoms with Crippen LogP contribution in [0.4, 0.5) is 0 Å². The van der Waals surface area contributed by atoms with Crippen molar-refractivity contribution < 1.29 is 22.7 Å². The predicted molar refractivity (Wildman–Crippen MR) is 129 cm³/mol. The van der Waals surface area contributed by atoms with Crippen LogP contribution in [0.3, 0.4) is 0 Å². The van der Waals surface area contributed by atoms with Crippen LogP contribution in [0.5, 0.6) is 11.5 Å². The van der Waals surface area contributed by atoms with Crippen LogP contribution in [0.25, 0.3) is 0 Å². The Morgan fingerprint density at radius 1 is 1.09 bits per heavy atom. The Hall–Kier alpha value is -1.62. The molecule has 32 heavy (non-hydrogen) atoms. The van der Waals surface area contributed by atoms with Crippen LogP contribution in [0.2, 0.25) is 0 Å². The highest BCUT2D eigenvalue weighted by molar-refractivity contribution is 9.11. The van der Waals surface area contributed by atoms with Crippen molar-refractivity contribution >= 4 is 43.2 Å². The Morgan fingerprint density at radius 3 is 2.44 bits per heavy atom. The predicted octanol–water partition coefficient (Wildman–Crippen LogP) is 3.97. The molecule has 7 nitrogen and oxygen atoms in total. The maximum absolute atomic E-state index is 12.6. The largest absolute Gasteiger partial charge is 0.493 e. The first-order valence-corrected chi connectivity index (χ1v) is 13.6. The quantitative estimate of drug-likeness (QED) is 0.472. The number of thiophene rings is 1. The lowest BCUT2D eigenvalue weighted by atomic mass is 9.81. The topological polar surface area (TPSA) is 93.7 Å². The van der Waals surface area contributed by atoms with E-state index in [9.17, 15) is 13.2 Å². The number of rotatable bonds is 10. The van der Waals surface area contributed by atoms with Crippen LogP contribution < -0.4 is 19.5 Å². The number of halogens is 1. The average Bonchev–Trinajstić information content (AvgIpc) is 3.25. The van der Waals surface area contributed by atoms with E-state index in [1.807, 2.05) is 18.2 Å². The van der Waals surface area contributed by atoms with E-state index in [4.69, 9.17) is 9.47 Å². The zero-order valence-electron chi connectivity index (χ0n) is 18.2. The molecule has 0 unspecified atom stereocenters. The Labute approximate surface area is 202 Å². The molecule has 1 amide bonds. The highest BCUT2D eigenvalue weighted by Crippen LogP contribution is 2.30. The van der Waals surface area contributed by atoms with Crippen LogP contribution in [-0.2, 0) is 21.2 Å². The highest BCUT2D eigenvalue weighted by atomic mass is 79.9. The molecule has 0 saturated heterocycles. The fraction of sp³-hybridized carbons (Fsp3) is 0.500. The maximum Gasteiger partial charge on any atom is 0.250 e. The smallest absolute Gasteiger partial charge is 0.250 e. The van der Waals surface area contributed by atoms with Crippen LogP contribution in [0, 0.1) is 11.8 Å². The lowest BCUT2D eigenvalue weighted by molar-refractivity contribution is -0.126. The van der Waals surface area contributed by atoms with E-state index in [2.05, 4.69) is 26.0 Å². The number of nitrogens with one attached hydrogen (secondary N) is 2. The summed E-state index contributed by atoms with van der Waals surface area (Å²) < 4.78 is 39.1. The standard InChI is InChI=1S/C22H29BrN2O5S2/c1-29-18-8-5-15(13-19(18)30-2)11-12-24-22(26)17-6-3-16(4-7-17)14-25-32(27,28)21-10-9-20(23)31-21/h5,8-10,13,16-17,25H,3-4,6-7,11-12,14H2,1-2H3,(H,24,26). The van der Waals surface area contributed by atoms with E-state index in [0.29, 0.717) is 35.2 Å². The summed E-state index contributed by atoms with van der Waals surface area (Å²) in [6, 6.07) is 9.08. The molecule has 176 valence electrons. The maximum atomic E-state index is 12.6. The summed E-state index contributed by atoms with van der Waals surface area (Å²) in [5.41, 5.74) is 1.07. The first-order valence-electron chi connectivity index (χ1n) is 10.6. The van der Waals surface area contributed by atoms with Gasteiger partial charge in [0.1, 0.15) is 4.21 Å². The van der Waals surface area contributed by atoms with Crippen LogP contribution in [0.1, 0.15) is 31.2 Å². The molecular formula is C22H29BrN2O5S2. The molecule has 1 aliphatic carbocycles. The summed E-state index contributed by atoms with van der Waals surface area (Å²) >= 11 is 4.49. The van der Waals surface area contributed by atoms with Crippen molar-refractivity contribution in [2.24, 2.45) is 11.8 Å². The molecule has 1 heterocycles. The minimum atomic E-state index is -3.47. The molecule has 10 heteroatoms. The van der Waals surface area contributed by atoms with E-state index < -0.39 is 10.0 Å². The monoisotopic (exact) mass is 544 g/mol. The summed E-state index contributed by atoms with van der Waals surface area (Å²) in [5, 5.41) is 3.04. The summed E-state index contributed by atoms with van der Waals surface area (Å²) in [7, 11) is -0.270. The van der Waals surface area contributed by atoms with Crippen LogP contribution in [-0.4, -0.2) is 41.6 Å². The molecule has 3 rings (SSSR count). The first-order chi connectivity index (χ1) is 15.3. The molecule has 1 saturated carbocycles. The van der Waals surface area contributed by atoms with Gasteiger partial charge in [0.15, 0.2) is 11.5 Å². The van der Waals surface area contributed by atoms with Gasteiger partial charge in [0.2, 0.25) is 15.9 Å². The molecule has 1 aromatic carbocycles. The average molecular weight is 546 g/mol. The van der Waals surface area contributed by atoms with Gasteiger partial charge in [0, 0.05) is 19.0 Å². The van der Waals surface area contributed by atoms with Gasteiger partial charge in [-0.3, -0.25) is 4.79 Å². The molecule has 0 aliphatic heterocycles. The second-order valence-corrected chi connectivity index (χ2v) is 12.3. The van der Waals surface area contributed by atoms with Gasteiger partial charge in [0.05, 0.1) is 18.0 Å². The third kappa shape index (κ3) is 6.69. The third-order valence-electron chi connectivity index (χ3n) is 5.75. The van der Waals surface area contributed by atoms with E-state index >= 15 is 0 Å². The van der Waals surface area contributed by atoms with E-state index in [1.54, 1.807) is 26.4 Å². The molecule has 0 atom stereocenters. The van der Waals surface area contributed by atoms with Gasteiger partial charge in [-0.2, -0.15) is 0 Å². The fourth-order valence-corrected chi connectivity index (χ4v) is 7.05. The van der Waals surface area contributed by atoms with Crippen molar-refractivity contribution in [2.75, 3.05) is 27.3 Å². The number of ether oxygens (including phenoxy) is 2. The van der Waals surface area contributed by atoms with Crippen molar-refractivity contribution in [3.8, 4) is 11.5 Å². The van der Waals surface area contributed by atoms with Gasteiger partial charge in [-0.1, -0.05) is 6.07 Å².